The van der Waals surface area contributed by atoms with Crippen molar-refractivity contribution in [3.63, 3.8) is 0 Å². The summed E-state index contributed by atoms with van der Waals surface area (Å²) in [4.78, 5) is 28.2. The second-order valence-corrected chi connectivity index (χ2v) is 6.56. The van der Waals surface area contributed by atoms with Gasteiger partial charge in [0.2, 0.25) is 0 Å². The van der Waals surface area contributed by atoms with Gasteiger partial charge in [0.15, 0.2) is 0 Å². The summed E-state index contributed by atoms with van der Waals surface area (Å²) in [5.74, 6) is -2.00. The molecule has 0 aliphatic carbocycles. The molecule has 0 N–H and O–H groups in total. The number of benzene rings is 1. The topological polar surface area (TPSA) is 60.7 Å². The molecule has 0 saturated heterocycles. The summed E-state index contributed by atoms with van der Waals surface area (Å²) in [5.41, 5.74) is 1.41. The van der Waals surface area contributed by atoms with Gasteiger partial charge in [-0.15, -0.1) is 11.8 Å². The van der Waals surface area contributed by atoms with Crippen molar-refractivity contribution in [3.05, 3.63) is 75.8 Å². The molecule has 26 heavy (non-hydrogen) atoms. The zero-order valence-electron chi connectivity index (χ0n) is 13.7. The van der Waals surface area contributed by atoms with Crippen molar-refractivity contribution < 1.29 is 18.3 Å². The van der Waals surface area contributed by atoms with Crippen LogP contribution in [0.25, 0.3) is 5.65 Å². The van der Waals surface area contributed by atoms with Gasteiger partial charge in [-0.05, 0) is 36.8 Å². The molecule has 134 valence electrons. The molecule has 0 radical (unpaired) electrons. The average molecular weight is 376 g/mol. The van der Waals surface area contributed by atoms with Crippen LogP contribution in [0.1, 0.15) is 11.3 Å². The molecule has 8 heteroatoms. The summed E-state index contributed by atoms with van der Waals surface area (Å²) in [6, 6.07) is 7.83. The molecule has 3 rings (SSSR count). The maximum Gasteiger partial charge on any atom is 0.316 e. The number of fused-ring (bicyclic) bond motifs is 1. The van der Waals surface area contributed by atoms with Gasteiger partial charge >= 0.3 is 5.97 Å². The summed E-state index contributed by atoms with van der Waals surface area (Å²) < 4.78 is 33.1. The Morgan fingerprint density at radius 1 is 1.23 bits per heavy atom. The van der Waals surface area contributed by atoms with E-state index in [1.165, 1.54) is 10.5 Å². The van der Waals surface area contributed by atoms with E-state index in [2.05, 4.69) is 4.98 Å². The summed E-state index contributed by atoms with van der Waals surface area (Å²) in [6.45, 7) is 1.69. The lowest BCUT2D eigenvalue weighted by atomic mass is 10.3. The Hall–Kier alpha value is -2.74. The number of aryl methyl sites for hydroxylation is 1. The SMILES string of the molecule is Cc1ccc2nc(COC(=O)CSc3cc(F)ccc3F)cc(=O)n2c1. The summed E-state index contributed by atoms with van der Waals surface area (Å²) in [6.07, 6.45) is 1.67. The Kier molecular flexibility index (Phi) is 5.32. The fourth-order valence-electron chi connectivity index (χ4n) is 2.25. The van der Waals surface area contributed by atoms with Gasteiger partial charge in [-0.2, -0.15) is 0 Å². The predicted molar refractivity (Wildman–Crippen MR) is 93.1 cm³/mol. The Morgan fingerprint density at radius 3 is 2.85 bits per heavy atom. The van der Waals surface area contributed by atoms with E-state index in [4.69, 9.17) is 4.74 Å². The molecule has 2 heterocycles. The first-order chi connectivity index (χ1) is 12.4. The first kappa shape index (κ1) is 18.1. The van der Waals surface area contributed by atoms with Gasteiger partial charge in [0.05, 0.1) is 11.4 Å². The van der Waals surface area contributed by atoms with Crippen molar-refractivity contribution in [1.29, 1.82) is 0 Å². The minimum Gasteiger partial charge on any atom is -0.459 e. The van der Waals surface area contributed by atoms with Crippen LogP contribution in [-0.2, 0) is 16.1 Å². The maximum atomic E-state index is 13.5. The van der Waals surface area contributed by atoms with E-state index in [-0.39, 0.29) is 22.8 Å². The quantitative estimate of drug-likeness (QED) is 0.506. The molecule has 5 nitrogen and oxygen atoms in total. The van der Waals surface area contributed by atoms with Crippen LogP contribution in [0.4, 0.5) is 8.78 Å². The van der Waals surface area contributed by atoms with Gasteiger partial charge in [-0.25, -0.2) is 13.8 Å². The molecule has 0 bridgehead atoms. The highest BCUT2D eigenvalue weighted by atomic mass is 32.2. The van der Waals surface area contributed by atoms with Crippen molar-refractivity contribution in [3.8, 4) is 0 Å². The summed E-state index contributed by atoms with van der Waals surface area (Å²) in [7, 11) is 0. The number of ether oxygens (including phenoxy) is 1. The molecule has 0 saturated carbocycles. The largest absolute Gasteiger partial charge is 0.459 e. The summed E-state index contributed by atoms with van der Waals surface area (Å²) in [5, 5.41) is 0. The third kappa shape index (κ3) is 4.26. The van der Waals surface area contributed by atoms with Crippen molar-refractivity contribution in [2.45, 2.75) is 18.4 Å². The third-order valence-electron chi connectivity index (χ3n) is 3.48. The standard InChI is InChI=1S/C18H14F2N2O3S/c1-11-2-5-16-21-13(7-17(23)22(16)8-11)9-25-18(24)10-26-15-6-12(19)3-4-14(15)20/h2-8H,9-10H2,1H3. The number of hydrogen-bond donors (Lipinski definition) is 0. The monoisotopic (exact) mass is 376 g/mol. The van der Waals surface area contributed by atoms with Crippen molar-refractivity contribution in [2.24, 2.45) is 0 Å². The number of hydrogen-bond acceptors (Lipinski definition) is 5. The second-order valence-electron chi connectivity index (χ2n) is 5.54. The molecule has 2 aromatic heterocycles. The van der Waals surface area contributed by atoms with E-state index in [1.54, 1.807) is 12.3 Å². The highest BCUT2D eigenvalue weighted by Gasteiger charge is 2.10. The van der Waals surface area contributed by atoms with E-state index in [0.717, 1.165) is 35.5 Å². The molecule has 0 aliphatic heterocycles. The zero-order valence-corrected chi connectivity index (χ0v) is 14.6. The van der Waals surface area contributed by atoms with E-state index < -0.39 is 17.6 Å². The van der Waals surface area contributed by atoms with Gasteiger partial charge in [-0.1, -0.05) is 6.07 Å². The number of rotatable bonds is 5. The number of nitrogens with zero attached hydrogens (tertiary/aromatic N) is 2. The lowest BCUT2D eigenvalue weighted by molar-refractivity contribution is -0.141. The number of pyridine rings is 1. The number of thioether (sulfide) groups is 1. The molecule has 0 spiro atoms. The van der Waals surface area contributed by atoms with Crippen LogP contribution < -0.4 is 5.56 Å². The van der Waals surface area contributed by atoms with E-state index in [0.29, 0.717) is 11.3 Å². The maximum absolute atomic E-state index is 13.5. The number of esters is 1. The molecule has 0 atom stereocenters. The van der Waals surface area contributed by atoms with Crippen LogP contribution in [0.2, 0.25) is 0 Å². The first-order valence-corrected chi connectivity index (χ1v) is 8.63. The molecule has 0 unspecified atom stereocenters. The lowest BCUT2D eigenvalue weighted by Crippen LogP contribution is -2.17. The fourth-order valence-corrected chi connectivity index (χ4v) is 3.01. The van der Waals surface area contributed by atoms with Gasteiger partial charge in [0.25, 0.3) is 5.56 Å². The highest BCUT2D eigenvalue weighted by molar-refractivity contribution is 8.00. The molecule has 1 aromatic carbocycles. The molecular formula is C18H14F2N2O3S. The lowest BCUT2D eigenvalue weighted by Gasteiger charge is -2.07. The van der Waals surface area contributed by atoms with Crippen LogP contribution in [-0.4, -0.2) is 21.1 Å². The third-order valence-corrected chi connectivity index (χ3v) is 4.48. The van der Waals surface area contributed by atoms with Gasteiger partial charge in [0.1, 0.15) is 23.9 Å². The number of aromatic nitrogens is 2. The van der Waals surface area contributed by atoms with Crippen molar-refractivity contribution >= 4 is 23.4 Å². The van der Waals surface area contributed by atoms with Crippen LogP contribution in [0, 0.1) is 18.6 Å². The van der Waals surface area contributed by atoms with Crippen molar-refractivity contribution in [1.82, 2.24) is 9.38 Å². The highest BCUT2D eigenvalue weighted by Crippen LogP contribution is 2.22. The molecule has 0 aliphatic rings. The van der Waals surface area contributed by atoms with Gasteiger partial charge in [0, 0.05) is 17.2 Å². The minimum atomic E-state index is -0.621. The zero-order chi connectivity index (χ0) is 18.7. The van der Waals surface area contributed by atoms with E-state index >= 15 is 0 Å². The minimum absolute atomic E-state index is 0.0272. The van der Waals surface area contributed by atoms with Crippen LogP contribution in [0.15, 0.2) is 52.3 Å². The fraction of sp³-hybridized carbons (Fsp3) is 0.167. The molecule has 3 aromatic rings. The first-order valence-electron chi connectivity index (χ1n) is 7.65. The number of halogens is 2. The number of carbonyl (C=O) groups excluding carboxylic acids is 1. The molecular weight excluding hydrogens is 362 g/mol. The van der Waals surface area contributed by atoms with Gasteiger partial charge < -0.3 is 4.74 Å². The van der Waals surface area contributed by atoms with Crippen LogP contribution >= 0.6 is 11.8 Å². The Balaban J connectivity index is 1.62. The van der Waals surface area contributed by atoms with Crippen LogP contribution in [0.3, 0.4) is 0 Å². The smallest absolute Gasteiger partial charge is 0.316 e. The Labute approximate surface area is 151 Å². The predicted octanol–water partition coefficient (Wildman–Crippen LogP) is 3.12. The van der Waals surface area contributed by atoms with Crippen LogP contribution in [0.5, 0.6) is 0 Å². The Bertz CT molecular complexity index is 1040. The van der Waals surface area contributed by atoms with E-state index in [9.17, 15) is 18.4 Å². The van der Waals surface area contributed by atoms with E-state index in [1.807, 2.05) is 13.0 Å². The summed E-state index contributed by atoms with van der Waals surface area (Å²) >= 11 is 0.836. The molecule has 0 amide bonds. The normalized spacial score (nSPS) is 10.9. The molecule has 0 fully saturated rings. The Morgan fingerprint density at radius 2 is 2.04 bits per heavy atom. The van der Waals surface area contributed by atoms with Gasteiger partial charge in [-0.3, -0.25) is 14.0 Å². The number of carbonyl (C=O) groups is 1. The second kappa shape index (κ2) is 7.65. The van der Waals surface area contributed by atoms with Crippen molar-refractivity contribution in [2.75, 3.05) is 5.75 Å². The average Bonchev–Trinajstić information content (AvgIpc) is 2.61.